The van der Waals surface area contributed by atoms with E-state index in [1.54, 1.807) is 40.5 Å². The molecule has 0 aliphatic carbocycles. The number of hydrogen-bond donors (Lipinski definition) is 3. The van der Waals surface area contributed by atoms with Gasteiger partial charge in [-0.05, 0) is 90.2 Å². The molecule has 1 fully saturated rings. The average molecular weight is 673 g/mol. The van der Waals surface area contributed by atoms with Gasteiger partial charge in [0.25, 0.3) is 11.8 Å². The number of fused-ring (bicyclic) bond motifs is 3. The van der Waals surface area contributed by atoms with Crippen LogP contribution in [0.15, 0.2) is 78.2 Å². The molecule has 0 saturated carbocycles. The Bertz CT molecular complexity index is 2090. The maximum atomic E-state index is 14.3. The first-order valence-electron chi connectivity index (χ1n) is 16.3. The minimum Gasteiger partial charge on any atom is -0.493 e. The van der Waals surface area contributed by atoms with Crippen LogP contribution >= 0.6 is 11.3 Å². The van der Waals surface area contributed by atoms with Gasteiger partial charge in [0, 0.05) is 52.3 Å². The Hall–Kier alpha value is -5.32. The molecule has 10 heteroatoms. The predicted octanol–water partition coefficient (Wildman–Crippen LogP) is 7.42. The zero-order valence-electron chi connectivity index (χ0n) is 27.3. The van der Waals surface area contributed by atoms with Crippen molar-refractivity contribution in [3.8, 4) is 27.3 Å². The van der Waals surface area contributed by atoms with Crippen LogP contribution in [-0.2, 0) is 13.0 Å². The van der Waals surface area contributed by atoms with Crippen molar-refractivity contribution in [2.75, 3.05) is 18.5 Å². The molecule has 0 spiro atoms. The number of carboxylic acid groups (broad SMARTS) is 1. The molecule has 2 aliphatic heterocycles. The van der Waals surface area contributed by atoms with Crippen molar-refractivity contribution in [1.29, 1.82) is 0 Å². The quantitative estimate of drug-likeness (QED) is 0.164. The van der Waals surface area contributed by atoms with Crippen LogP contribution in [0.5, 0.6) is 5.75 Å². The number of carbonyl (C=O) groups is 3. The van der Waals surface area contributed by atoms with E-state index in [0.29, 0.717) is 43.1 Å². The van der Waals surface area contributed by atoms with E-state index in [2.05, 4.69) is 16.4 Å². The summed E-state index contributed by atoms with van der Waals surface area (Å²) in [7, 11) is 0. The van der Waals surface area contributed by atoms with E-state index >= 15 is 0 Å². The molecular weight excluding hydrogens is 637 g/mol. The van der Waals surface area contributed by atoms with Crippen molar-refractivity contribution in [3.63, 3.8) is 0 Å². The minimum atomic E-state index is -1.31. The average Bonchev–Trinajstić information content (AvgIpc) is 3.76. The molecule has 3 aromatic carbocycles. The van der Waals surface area contributed by atoms with Crippen molar-refractivity contribution in [1.82, 2.24) is 9.88 Å². The van der Waals surface area contributed by atoms with E-state index in [0.717, 1.165) is 51.1 Å². The number of aromatic carboxylic acids is 1. The normalized spacial score (nSPS) is 15.2. The number of aromatic nitrogens is 1. The van der Waals surface area contributed by atoms with Gasteiger partial charge in [0.05, 0.1) is 12.6 Å². The lowest BCUT2D eigenvalue weighted by atomic mass is 9.93. The van der Waals surface area contributed by atoms with E-state index in [-0.39, 0.29) is 34.5 Å². The number of aryl methyl sites for hydroxylation is 2. The number of amides is 2. The molecule has 7 rings (SSSR count). The molecule has 5 aromatic rings. The number of nitrogens with two attached hydrogens (primary N) is 1. The van der Waals surface area contributed by atoms with E-state index in [9.17, 15) is 19.5 Å². The topological polar surface area (TPSA) is 135 Å². The van der Waals surface area contributed by atoms with Gasteiger partial charge in [-0.15, -0.1) is 11.3 Å². The summed E-state index contributed by atoms with van der Waals surface area (Å²) >= 11 is 1.57. The summed E-state index contributed by atoms with van der Waals surface area (Å²) in [6, 6.07) is 22.3. The van der Waals surface area contributed by atoms with Crippen LogP contribution in [0, 0.1) is 13.8 Å². The van der Waals surface area contributed by atoms with Crippen molar-refractivity contribution < 1.29 is 24.2 Å². The number of anilines is 1. The third-order valence-corrected chi connectivity index (χ3v) is 10.3. The highest BCUT2D eigenvalue weighted by Crippen LogP contribution is 2.43. The van der Waals surface area contributed by atoms with Gasteiger partial charge in [-0.2, -0.15) is 0 Å². The predicted molar refractivity (Wildman–Crippen MR) is 190 cm³/mol. The summed E-state index contributed by atoms with van der Waals surface area (Å²) in [5.41, 5.74) is 12.7. The maximum Gasteiger partial charge on any atom is 0.355 e. The molecule has 1 saturated heterocycles. The first kappa shape index (κ1) is 32.2. The molecular formula is C39H36N4O5S. The molecule has 4 N–H and O–H groups in total. The number of carboxylic acids is 1. The molecule has 2 aliphatic rings. The Kier molecular flexibility index (Phi) is 8.75. The molecule has 0 bridgehead atoms. The van der Waals surface area contributed by atoms with Crippen LogP contribution in [0.25, 0.3) is 21.6 Å². The van der Waals surface area contributed by atoms with Crippen LogP contribution in [0.2, 0.25) is 0 Å². The van der Waals surface area contributed by atoms with E-state index in [4.69, 9.17) is 10.5 Å². The second kappa shape index (κ2) is 13.3. The molecule has 4 heterocycles. The molecule has 1 atom stereocenters. The lowest BCUT2D eigenvalue weighted by Gasteiger charge is -2.25. The fourth-order valence-corrected chi connectivity index (χ4v) is 7.99. The number of pyridine rings is 1. The van der Waals surface area contributed by atoms with E-state index in [1.165, 1.54) is 0 Å². The van der Waals surface area contributed by atoms with Crippen molar-refractivity contribution in [3.05, 3.63) is 123 Å². The van der Waals surface area contributed by atoms with Crippen LogP contribution in [0.3, 0.4) is 0 Å². The highest BCUT2D eigenvalue weighted by atomic mass is 32.1. The van der Waals surface area contributed by atoms with Crippen LogP contribution in [0.1, 0.15) is 78.0 Å². The summed E-state index contributed by atoms with van der Waals surface area (Å²) in [5, 5.41) is 15.6. The summed E-state index contributed by atoms with van der Waals surface area (Å²) in [6.45, 7) is 5.19. The fraction of sp³-hybridized carbons (Fsp3) is 0.231. The zero-order chi connectivity index (χ0) is 34.2. The number of rotatable bonds is 7. The van der Waals surface area contributed by atoms with Crippen molar-refractivity contribution in [2.24, 2.45) is 5.73 Å². The Morgan fingerprint density at radius 1 is 1.00 bits per heavy atom. The largest absolute Gasteiger partial charge is 0.493 e. The Balaban J connectivity index is 1.33. The first-order valence-corrected chi connectivity index (χ1v) is 17.2. The molecule has 0 unspecified atom stereocenters. The number of thiophene rings is 1. The van der Waals surface area contributed by atoms with Gasteiger partial charge in [0.2, 0.25) is 0 Å². The number of benzene rings is 3. The lowest BCUT2D eigenvalue weighted by Crippen LogP contribution is -2.31. The van der Waals surface area contributed by atoms with Gasteiger partial charge in [-0.1, -0.05) is 42.5 Å². The third-order valence-electron chi connectivity index (χ3n) is 9.36. The monoisotopic (exact) mass is 672 g/mol. The van der Waals surface area contributed by atoms with E-state index in [1.807, 2.05) is 61.7 Å². The van der Waals surface area contributed by atoms with Gasteiger partial charge in [0.1, 0.15) is 11.4 Å². The third kappa shape index (κ3) is 6.09. The zero-order valence-corrected chi connectivity index (χ0v) is 28.1. The molecule has 9 nitrogen and oxygen atoms in total. The number of carbonyl (C=O) groups excluding carboxylic acids is 2. The lowest BCUT2D eigenvalue weighted by molar-refractivity contribution is 0.0690. The van der Waals surface area contributed by atoms with Gasteiger partial charge in [0.15, 0.2) is 5.69 Å². The summed E-state index contributed by atoms with van der Waals surface area (Å²) in [4.78, 5) is 48.2. The molecule has 2 amide bonds. The molecule has 248 valence electrons. The van der Waals surface area contributed by atoms with Crippen LogP contribution in [0.4, 0.5) is 5.69 Å². The fourth-order valence-electron chi connectivity index (χ4n) is 7.01. The van der Waals surface area contributed by atoms with Gasteiger partial charge in [-0.25, -0.2) is 9.78 Å². The highest BCUT2D eigenvalue weighted by Gasteiger charge is 2.33. The number of ether oxygens (including phenoxy) is 1. The number of nitrogens with one attached hydrogen (secondary N) is 1. The van der Waals surface area contributed by atoms with Crippen LogP contribution in [-0.4, -0.2) is 45.9 Å². The Labute approximate surface area is 288 Å². The smallest absolute Gasteiger partial charge is 0.355 e. The summed E-state index contributed by atoms with van der Waals surface area (Å²) < 4.78 is 6.19. The number of nitrogens with zero attached hydrogens (tertiary/aromatic N) is 2. The summed E-state index contributed by atoms with van der Waals surface area (Å²) in [6.07, 6.45) is 2.35. The molecule has 49 heavy (non-hydrogen) atoms. The second-order valence-corrected chi connectivity index (χ2v) is 13.4. The van der Waals surface area contributed by atoms with E-state index < -0.39 is 11.9 Å². The minimum absolute atomic E-state index is 0.0375. The van der Waals surface area contributed by atoms with Gasteiger partial charge < -0.3 is 25.8 Å². The highest BCUT2D eigenvalue weighted by molar-refractivity contribution is 7.13. The van der Waals surface area contributed by atoms with Crippen LogP contribution < -0.4 is 15.8 Å². The SMILES string of the molecule is Cc1cc(CN)cc(C)c1NC(=O)c1cc2c(cc1-c1ccc(C(=O)N3CCC[C@H]3c3ccccc3)nc1C(=O)O)OCCc1ccsc1-2. The first-order chi connectivity index (χ1) is 23.7. The molecule has 2 aromatic heterocycles. The maximum absolute atomic E-state index is 14.3. The Morgan fingerprint density at radius 2 is 1.78 bits per heavy atom. The van der Waals surface area contributed by atoms with Crippen molar-refractivity contribution in [2.45, 2.75) is 45.7 Å². The number of likely N-dealkylation sites (tertiary alicyclic amines) is 1. The van der Waals surface area contributed by atoms with Crippen molar-refractivity contribution >= 4 is 34.8 Å². The standard InChI is InChI=1S/C39H36N4O5S/c1-22-17-24(21-40)18-23(2)34(22)42-37(44)29-19-30-33(48-15-12-26-13-16-49-36(26)30)20-28(29)27-10-11-31(41-35(27)39(46)47)38(45)43-14-6-9-32(43)25-7-4-3-5-8-25/h3-5,7-8,10-11,13,16-20,32H,6,9,12,14-15,21,40H2,1-2H3,(H,42,44)(H,46,47)/t32-/m0/s1. The van der Waals surface area contributed by atoms with Gasteiger partial charge >= 0.3 is 5.97 Å². The Morgan fingerprint density at radius 3 is 2.51 bits per heavy atom. The second-order valence-electron chi connectivity index (χ2n) is 12.5. The summed E-state index contributed by atoms with van der Waals surface area (Å²) in [5.74, 6) is -1.50. The number of hydrogen-bond acceptors (Lipinski definition) is 7. The molecule has 0 radical (unpaired) electrons. The van der Waals surface area contributed by atoms with Gasteiger partial charge in [-0.3, -0.25) is 9.59 Å².